The number of carbonyl (C=O) groups excluding carboxylic acids is 1. The van der Waals surface area contributed by atoms with Crippen molar-refractivity contribution in [3.8, 4) is 11.5 Å². The first-order chi connectivity index (χ1) is 9.12. The van der Waals surface area contributed by atoms with E-state index >= 15 is 0 Å². The Labute approximate surface area is 126 Å². The van der Waals surface area contributed by atoms with Crippen molar-refractivity contribution in [1.29, 1.82) is 0 Å². The van der Waals surface area contributed by atoms with Gasteiger partial charge in [0.25, 0.3) is 0 Å². The van der Waals surface area contributed by atoms with Crippen molar-refractivity contribution >= 4 is 18.3 Å². The number of hydrogen-bond acceptors (Lipinski definition) is 4. The second-order valence-electron chi connectivity index (χ2n) is 4.28. The molecule has 20 heavy (non-hydrogen) atoms. The molecule has 0 aromatic heterocycles. The van der Waals surface area contributed by atoms with Gasteiger partial charge in [0.1, 0.15) is 11.5 Å². The number of halogens is 1. The van der Waals surface area contributed by atoms with Gasteiger partial charge in [-0.2, -0.15) is 0 Å². The van der Waals surface area contributed by atoms with Crippen LogP contribution in [0.1, 0.15) is 12.0 Å². The van der Waals surface area contributed by atoms with E-state index in [1.165, 1.54) is 0 Å². The van der Waals surface area contributed by atoms with Crippen molar-refractivity contribution in [3.63, 3.8) is 0 Å². The number of methoxy groups -OCH3 is 2. The molecule has 0 atom stereocenters. The van der Waals surface area contributed by atoms with Gasteiger partial charge in [0, 0.05) is 38.2 Å². The summed E-state index contributed by atoms with van der Waals surface area (Å²) in [6.07, 6.45) is 0.492. The van der Waals surface area contributed by atoms with E-state index in [0.29, 0.717) is 19.5 Å². The molecule has 0 aliphatic rings. The average molecular weight is 303 g/mol. The second-order valence-corrected chi connectivity index (χ2v) is 4.28. The van der Waals surface area contributed by atoms with Gasteiger partial charge in [-0.3, -0.25) is 4.79 Å². The lowest BCUT2D eigenvalue weighted by Crippen LogP contribution is -2.28. The Bertz CT molecular complexity index is 427. The molecule has 6 heteroatoms. The summed E-state index contributed by atoms with van der Waals surface area (Å²) in [5, 5.41) is 2.97. The first-order valence-corrected chi connectivity index (χ1v) is 6.21. The lowest BCUT2D eigenvalue weighted by Gasteiger charge is -2.19. The summed E-state index contributed by atoms with van der Waals surface area (Å²) in [6.45, 7) is 1.21. The normalized spacial score (nSPS) is 9.60. The average Bonchev–Trinajstić information content (AvgIpc) is 2.44. The predicted molar refractivity (Wildman–Crippen MR) is 81.8 cm³/mol. The molecule has 1 aromatic carbocycles. The number of amides is 1. The Morgan fingerprint density at radius 3 is 2.55 bits per heavy atom. The van der Waals surface area contributed by atoms with E-state index in [0.717, 1.165) is 17.1 Å². The van der Waals surface area contributed by atoms with E-state index in [9.17, 15) is 4.79 Å². The quantitative estimate of drug-likeness (QED) is 0.833. The SMILES string of the molecule is CNCCC(=O)N(C)Cc1ccc(OC)cc1OC.Cl. The van der Waals surface area contributed by atoms with Crippen molar-refractivity contribution in [3.05, 3.63) is 23.8 Å². The minimum Gasteiger partial charge on any atom is -0.497 e. The molecule has 5 nitrogen and oxygen atoms in total. The van der Waals surface area contributed by atoms with E-state index in [1.807, 2.05) is 25.2 Å². The largest absolute Gasteiger partial charge is 0.497 e. The van der Waals surface area contributed by atoms with Crippen LogP contribution < -0.4 is 14.8 Å². The van der Waals surface area contributed by atoms with Crippen LogP contribution in [0.25, 0.3) is 0 Å². The summed E-state index contributed by atoms with van der Waals surface area (Å²) in [6, 6.07) is 5.60. The highest BCUT2D eigenvalue weighted by Gasteiger charge is 2.12. The predicted octanol–water partition coefficient (Wildman–Crippen LogP) is 1.69. The second kappa shape index (κ2) is 9.44. The number of rotatable bonds is 7. The first kappa shape index (κ1) is 18.5. The number of nitrogens with one attached hydrogen (secondary N) is 1. The highest BCUT2D eigenvalue weighted by molar-refractivity contribution is 5.85. The zero-order chi connectivity index (χ0) is 14.3. The molecule has 0 radical (unpaired) electrons. The maximum atomic E-state index is 11.8. The summed E-state index contributed by atoms with van der Waals surface area (Å²) in [4.78, 5) is 13.5. The van der Waals surface area contributed by atoms with Gasteiger partial charge < -0.3 is 19.7 Å². The van der Waals surface area contributed by atoms with Gasteiger partial charge in [0.05, 0.1) is 14.2 Å². The molecule has 0 fully saturated rings. The lowest BCUT2D eigenvalue weighted by atomic mass is 10.1. The van der Waals surface area contributed by atoms with E-state index in [4.69, 9.17) is 9.47 Å². The molecule has 1 N–H and O–H groups in total. The van der Waals surface area contributed by atoms with Gasteiger partial charge in [-0.25, -0.2) is 0 Å². The third kappa shape index (κ3) is 5.27. The monoisotopic (exact) mass is 302 g/mol. The zero-order valence-electron chi connectivity index (χ0n) is 12.4. The lowest BCUT2D eigenvalue weighted by molar-refractivity contribution is -0.130. The maximum absolute atomic E-state index is 11.8. The fourth-order valence-electron chi connectivity index (χ4n) is 1.75. The van der Waals surface area contributed by atoms with Gasteiger partial charge in [0.15, 0.2) is 0 Å². The highest BCUT2D eigenvalue weighted by Crippen LogP contribution is 2.25. The van der Waals surface area contributed by atoms with Crippen LogP contribution in [0.5, 0.6) is 11.5 Å². The van der Waals surface area contributed by atoms with Crippen LogP contribution >= 0.6 is 12.4 Å². The standard InChI is InChI=1S/C14H22N2O3.ClH/c1-15-8-7-14(17)16(2)10-11-5-6-12(18-3)9-13(11)19-4;/h5-6,9,15H,7-8,10H2,1-4H3;1H. The Balaban J connectivity index is 0.00000361. The molecule has 114 valence electrons. The van der Waals surface area contributed by atoms with Gasteiger partial charge in [0.2, 0.25) is 5.91 Å². The smallest absolute Gasteiger partial charge is 0.223 e. The fraction of sp³-hybridized carbons (Fsp3) is 0.500. The topological polar surface area (TPSA) is 50.8 Å². The van der Waals surface area contributed by atoms with Gasteiger partial charge >= 0.3 is 0 Å². The van der Waals surface area contributed by atoms with Crippen LogP contribution in [-0.4, -0.2) is 45.7 Å². The van der Waals surface area contributed by atoms with Crippen molar-refractivity contribution in [2.45, 2.75) is 13.0 Å². The minimum absolute atomic E-state index is 0. The van der Waals surface area contributed by atoms with Crippen molar-refractivity contribution in [2.24, 2.45) is 0 Å². The molecule has 0 aliphatic heterocycles. The molecule has 1 aromatic rings. The minimum atomic E-state index is 0. The molecular formula is C14H23ClN2O3. The number of nitrogens with zero attached hydrogens (tertiary/aromatic N) is 1. The number of hydrogen-bond donors (Lipinski definition) is 1. The Kier molecular flexibility index (Phi) is 8.76. The third-order valence-electron chi connectivity index (χ3n) is 2.92. The molecule has 0 saturated carbocycles. The molecule has 0 unspecified atom stereocenters. The Morgan fingerprint density at radius 1 is 1.30 bits per heavy atom. The van der Waals surface area contributed by atoms with Crippen LogP contribution in [0.2, 0.25) is 0 Å². The molecule has 1 rings (SSSR count). The Hall–Kier alpha value is -1.46. The summed E-state index contributed by atoms with van der Waals surface area (Å²) < 4.78 is 10.5. The van der Waals surface area contributed by atoms with Gasteiger partial charge in [-0.05, 0) is 19.2 Å². The van der Waals surface area contributed by atoms with Crippen molar-refractivity contribution in [1.82, 2.24) is 10.2 Å². The van der Waals surface area contributed by atoms with Crippen LogP contribution in [0.15, 0.2) is 18.2 Å². The fourth-order valence-corrected chi connectivity index (χ4v) is 1.75. The van der Waals surface area contributed by atoms with Crippen LogP contribution in [-0.2, 0) is 11.3 Å². The van der Waals surface area contributed by atoms with Crippen LogP contribution in [0.3, 0.4) is 0 Å². The number of ether oxygens (including phenoxy) is 2. The number of carbonyl (C=O) groups is 1. The van der Waals surface area contributed by atoms with E-state index in [1.54, 1.807) is 26.2 Å². The van der Waals surface area contributed by atoms with E-state index in [2.05, 4.69) is 5.32 Å². The maximum Gasteiger partial charge on any atom is 0.223 e. The zero-order valence-corrected chi connectivity index (χ0v) is 13.3. The first-order valence-electron chi connectivity index (χ1n) is 6.21. The van der Waals surface area contributed by atoms with Crippen molar-refractivity contribution in [2.75, 3.05) is 34.9 Å². The van der Waals surface area contributed by atoms with E-state index < -0.39 is 0 Å². The third-order valence-corrected chi connectivity index (χ3v) is 2.92. The molecular weight excluding hydrogens is 280 g/mol. The summed E-state index contributed by atoms with van der Waals surface area (Å²) in [5.74, 6) is 1.57. The summed E-state index contributed by atoms with van der Waals surface area (Å²) in [7, 11) is 6.85. The van der Waals surface area contributed by atoms with Gasteiger partial charge in [-0.15, -0.1) is 12.4 Å². The molecule has 0 bridgehead atoms. The molecule has 0 spiro atoms. The highest BCUT2D eigenvalue weighted by atomic mass is 35.5. The Morgan fingerprint density at radius 2 is 2.00 bits per heavy atom. The van der Waals surface area contributed by atoms with E-state index in [-0.39, 0.29) is 18.3 Å². The molecule has 0 heterocycles. The summed E-state index contributed by atoms with van der Waals surface area (Å²) >= 11 is 0. The van der Waals surface area contributed by atoms with Crippen LogP contribution in [0, 0.1) is 0 Å². The van der Waals surface area contributed by atoms with Crippen molar-refractivity contribution < 1.29 is 14.3 Å². The molecule has 1 amide bonds. The van der Waals surface area contributed by atoms with Crippen LogP contribution in [0.4, 0.5) is 0 Å². The number of benzene rings is 1. The molecule has 0 aliphatic carbocycles. The van der Waals surface area contributed by atoms with Gasteiger partial charge in [-0.1, -0.05) is 0 Å². The summed E-state index contributed by atoms with van der Waals surface area (Å²) in [5.41, 5.74) is 0.962. The molecule has 0 saturated heterocycles.